The number of aliphatic carboxylic acids is 2. The van der Waals surface area contributed by atoms with Crippen molar-refractivity contribution in [3.05, 3.63) is 287 Å². The van der Waals surface area contributed by atoms with Crippen LogP contribution in [0.2, 0.25) is 0 Å². The Bertz CT molecular complexity index is 3860. The maximum absolute atomic E-state index is 12.1. The van der Waals surface area contributed by atoms with Crippen molar-refractivity contribution in [2.45, 2.75) is 91.2 Å². The third-order valence-corrected chi connectivity index (χ3v) is 19.4. The molecule has 119 heavy (non-hydrogen) atoms. The minimum absolute atomic E-state index is 0.0938. The zero-order valence-corrected chi connectivity index (χ0v) is 75.2. The fourth-order valence-electron chi connectivity index (χ4n) is 12.0. The number of halogens is 3. The van der Waals surface area contributed by atoms with Gasteiger partial charge in [-0.2, -0.15) is 0 Å². The molecule has 0 atom stereocenters. The van der Waals surface area contributed by atoms with E-state index in [1.807, 2.05) is 237 Å². The van der Waals surface area contributed by atoms with Gasteiger partial charge >= 0.3 is 5.97 Å². The highest BCUT2D eigenvalue weighted by atomic mass is 35.5. The first-order chi connectivity index (χ1) is 58.0. The second-order valence-corrected chi connectivity index (χ2v) is 26.5. The standard InChI is InChI=1S/C24H25NO4.C23H22O5.C21H19ClO2.3C6H15N.C4H8O.C2H4O3.C2H2.CH2Cl2.CH5N/c1-25-23(26)17-29-24(18-7-5-4-6-8-18,19-9-13-21(27-2)14-10-19)20-11-15-22(28-3)16-12-20;1-26-20-12-8-18(9-13-20)23(28-16-22(24)25,17-6-4-3-5-7-17)19-10-14-21(27-2)15-11-19;1-23-19-12-8-17(9-13-19)21(22,16-6-4-3-5-7-16)18-10-14-20(24-2)15-11-18;3*1-4-7(5-2)6-3;1-2-4-5-3-1;3-1-2(4)5;1-2;2-1-3;1-2/h4-16H,17H2,1-3H3,(H,25,26);3-15H,16H2,1-2H3,(H,24,25);3-15H,1-2H3;3*4-6H2,1-3H3;1-4H2;3H,1H2,(H,4,5);1-2H;1H2;2H2,1H3/i;;;;;;;;1D;;. The van der Waals surface area contributed by atoms with Gasteiger partial charge in [0.15, 0.2) is 0 Å². The first kappa shape index (κ1) is 107. The zero-order chi connectivity index (χ0) is 90.0. The van der Waals surface area contributed by atoms with E-state index in [-0.39, 0.29) is 17.9 Å². The van der Waals surface area contributed by atoms with Gasteiger partial charge in [-0.25, -0.2) is 4.79 Å². The number of hydrogen-bond donors (Lipinski definition) is 5. The first-order valence-electron chi connectivity index (χ1n) is 40.2. The minimum Gasteiger partial charge on any atom is -0.548 e. The van der Waals surface area contributed by atoms with Crippen LogP contribution in [0.25, 0.3) is 0 Å². The summed E-state index contributed by atoms with van der Waals surface area (Å²) in [5.74, 6) is 1.81. The van der Waals surface area contributed by atoms with Crippen LogP contribution in [0.15, 0.2) is 237 Å². The van der Waals surface area contributed by atoms with Crippen molar-refractivity contribution < 1.29 is 78.6 Å². The van der Waals surface area contributed by atoms with E-state index >= 15 is 0 Å². The highest BCUT2D eigenvalue weighted by molar-refractivity contribution is 6.40. The number of carbonyl (C=O) groups excluding carboxylic acids is 2. The van der Waals surface area contributed by atoms with Crippen LogP contribution in [0, 0.1) is 12.8 Å². The van der Waals surface area contributed by atoms with E-state index in [4.69, 9.17) is 93.8 Å². The summed E-state index contributed by atoms with van der Waals surface area (Å²) in [6.07, 6.45) is 8.32. The number of methoxy groups -OCH3 is 6. The molecule has 20 nitrogen and oxygen atoms in total. The van der Waals surface area contributed by atoms with Crippen molar-refractivity contribution in [3.63, 3.8) is 0 Å². The summed E-state index contributed by atoms with van der Waals surface area (Å²) in [6.45, 7) is 31.3. The number of carbonyl (C=O) groups is 3. The fourth-order valence-corrected chi connectivity index (χ4v) is 12.4. The fraction of sp³-hybridized carbons (Fsp3) is 0.385. The normalized spacial score (nSPS) is 10.9. The van der Waals surface area contributed by atoms with Crippen LogP contribution in [0.5, 0.6) is 34.5 Å². The molecule has 23 heteroatoms. The van der Waals surface area contributed by atoms with E-state index in [0.29, 0.717) is 11.5 Å². The Kier molecular flexibility index (Phi) is 59.6. The molecule has 1 aliphatic rings. The number of benzene rings is 9. The number of amides is 1. The van der Waals surface area contributed by atoms with Crippen LogP contribution < -0.4 is 49.5 Å². The number of alkyl halides is 3. The Hall–Kier alpha value is -9.70. The van der Waals surface area contributed by atoms with Crippen molar-refractivity contribution in [1.29, 1.82) is 0 Å². The van der Waals surface area contributed by atoms with E-state index in [1.165, 1.54) is 85.2 Å². The summed E-state index contributed by atoms with van der Waals surface area (Å²) in [4.78, 5) is 38.1. The van der Waals surface area contributed by atoms with Gasteiger partial charge in [0.1, 0.15) is 65.2 Å². The number of aliphatic hydroxyl groups excluding tert-OH is 1. The number of nitrogens with one attached hydrogen (secondary N) is 2. The largest absolute Gasteiger partial charge is 0.548 e. The van der Waals surface area contributed by atoms with Gasteiger partial charge in [-0.15, -0.1) is 47.6 Å². The smallest absolute Gasteiger partial charge is 0.329 e. The van der Waals surface area contributed by atoms with E-state index < -0.39 is 41.2 Å². The van der Waals surface area contributed by atoms with Crippen LogP contribution in [-0.2, 0) is 44.7 Å². The summed E-state index contributed by atoms with van der Waals surface area (Å²) in [6, 6.07) is 75.3. The van der Waals surface area contributed by atoms with Crippen LogP contribution >= 0.6 is 34.8 Å². The number of nitrogens with two attached hydrogens (primary N) is 1. The van der Waals surface area contributed by atoms with Crippen LogP contribution in [0.3, 0.4) is 0 Å². The van der Waals surface area contributed by atoms with E-state index in [1.54, 1.807) is 54.6 Å². The van der Waals surface area contributed by atoms with Gasteiger partial charge in [0.25, 0.3) is 0 Å². The Morgan fingerprint density at radius 2 is 0.664 bits per heavy atom. The monoisotopic (exact) mass is 1700 g/mol. The Morgan fingerprint density at radius 3 is 0.832 bits per heavy atom. The molecular weight excluding hydrogens is 1570 g/mol. The Labute approximate surface area is 727 Å². The van der Waals surface area contributed by atoms with Crippen LogP contribution in [-0.4, -0.2) is 192 Å². The summed E-state index contributed by atoms with van der Waals surface area (Å²) in [5.41, 5.74) is 10.4. The average molecular weight is 1700 g/mol. The predicted octanol–water partition coefficient (Wildman–Crippen LogP) is 15.5. The number of carboxylic acid groups (broad SMARTS) is 2. The number of quaternary nitrogens is 1. The molecule has 10 rings (SSSR count). The van der Waals surface area contributed by atoms with Gasteiger partial charge in [0.2, 0.25) is 5.91 Å². The van der Waals surface area contributed by atoms with Gasteiger partial charge in [-0.1, -0.05) is 205 Å². The number of carboxylic acids is 2. The van der Waals surface area contributed by atoms with Gasteiger partial charge in [0.05, 0.1) is 80.2 Å². The number of rotatable bonds is 31. The van der Waals surface area contributed by atoms with Crippen molar-refractivity contribution in [2.75, 3.05) is 154 Å². The van der Waals surface area contributed by atoms with E-state index in [2.05, 4.69) is 89.6 Å². The Morgan fingerprint density at radius 1 is 0.454 bits per heavy atom. The van der Waals surface area contributed by atoms with Crippen molar-refractivity contribution in [3.8, 4) is 47.3 Å². The molecule has 9 aromatic carbocycles. The third kappa shape index (κ3) is 38.1. The number of hydrogen-bond acceptors (Lipinski definition) is 17. The summed E-state index contributed by atoms with van der Waals surface area (Å²) in [7, 11) is 12.9. The summed E-state index contributed by atoms with van der Waals surface area (Å²) < 4.78 is 54.8. The number of terminal acetylenes is 1. The van der Waals surface area contributed by atoms with E-state index in [9.17, 15) is 14.7 Å². The second-order valence-electron chi connectivity index (χ2n) is 25.1. The van der Waals surface area contributed by atoms with E-state index in [0.717, 1.165) is 86.3 Å². The molecule has 1 aliphatic heterocycles. The van der Waals surface area contributed by atoms with Gasteiger partial charge in [-0.3, -0.25) is 4.79 Å². The maximum Gasteiger partial charge on any atom is 0.329 e. The van der Waals surface area contributed by atoms with Gasteiger partial charge < -0.3 is 88.5 Å². The summed E-state index contributed by atoms with van der Waals surface area (Å²) >= 11 is 16.8. The molecular formula is C96H132Cl3N5O15. The van der Waals surface area contributed by atoms with Gasteiger partial charge in [0, 0.05) is 20.3 Å². The average Bonchev–Trinajstić information content (AvgIpc) is 0.778. The predicted molar refractivity (Wildman–Crippen MR) is 485 cm³/mol. The van der Waals surface area contributed by atoms with Gasteiger partial charge in [-0.05, 0) is 203 Å². The first-order valence-corrected chi connectivity index (χ1v) is 41.2. The minimum atomic E-state index is -1.29. The second kappa shape index (κ2) is 66.1. The molecule has 0 unspecified atom stereocenters. The quantitative estimate of drug-likeness (QED) is 0.0154. The lowest BCUT2D eigenvalue weighted by Gasteiger charge is -2.36. The van der Waals surface area contributed by atoms with Crippen molar-refractivity contribution >= 4 is 52.6 Å². The molecule has 1 heterocycles. The number of likely N-dealkylation sites (N-methyl/N-ethyl adjacent to an activating group) is 1. The lowest BCUT2D eigenvalue weighted by molar-refractivity contribution is -0.894. The molecule has 0 radical (unpaired) electrons. The van der Waals surface area contributed by atoms with Crippen LogP contribution in [0.4, 0.5) is 0 Å². The van der Waals surface area contributed by atoms with Crippen molar-refractivity contribution in [2.24, 2.45) is 5.73 Å². The molecule has 0 aromatic heterocycles. The molecule has 0 bridgehead atoms. The molecule has 6 N–H and O–H groups in total. The molecule has 1 fully saturated rings. The number of ether oxygens (including phenoxy) is 9. The molecule has 1 saturated heterocycles. The molecule has 0 spiro atoms. The molecule has 0 saturated carbocycles. The Balaban J connectivity index is 0.00000145. The highest BCUT2D eigenvalue weighted by Gasteiger charge is 2.40. The lowest BCUT2D eigenvalue weighted by atomic mass is 9.80. The number of nitrogens with zero attached hydrogens (tertiary/aromatic N) is 2. The summed E-state index contributed by atoms with van der Waals surface area (Å²) in [5, 5.41) is 29.1. The zero-order valence-electron chi connectivity index (χ0n) is 73.9. The number of aliphatic hydroxyl groups is 1. The topological polar surface area (TPSA) is 247 Å². The van der Waals surface area contributed by atoms with Crippen molar-refractivity contribution in [1.82, 2.24) is 15.1 Å². The highest BCUT2D eigenvalue weighted by Crippen LogP contribution is 2.46. The molecule has 9 aromatic rings. The van der Waals surface area contributed by atoms with Crippen LogP contribution in [0.1, 0.15) is 127 Å². The maximum atomic E-state index is 12.1. The molecule has 652 valence electrons. The SMILES string of the molecule is C1CCOC1.CCN(CC)CC.CCN(CC)CC.CC[NH+](CC)CC.CN.CNC(=O)COC(c1ccccc1)(c1ccc(OC)cc1)c1ccc(OC)cc1.COc1ccc(C(Cl)(c2ccccc2)c2ccc(OC)cc2)cc1.COc1ccc(C(OCC(=O)[O-])(c2ccccc2)c2ccc(OC)cc2)cc1.ClCCl.O=C(O)CO.[2H]C#C. The third-order valence-electron chi connectivity index (χ3n) is 18.7. The molecule has 1 amide bonds. The molecule has 0 aliphatic carbocycles. The lowest BCUT2D eigenvalue weighted by Crippen LogP contribution is -3.11.